The molecule has 3 heteroatoms. The van der Waals surface area contributed by atoms with Crippen LogP contribution in [-0.4, -0.2) is 11.0 Å². The molecule has 1 aliphatic carbocycles. The lowest BCUT2D eigenvalue weighted by Crippen LogP contribution is -2.08. The van der Waals surface area contributed by atoms with Crippen molar-refractivity contribution in [1.82, 2.24) is 0 Å². The van der Waals surface area contributed by atoms with E-state index >= 15 is 0 Å². The molecule has 0 saturated heterocycles. The molecule has 0 aliphatic heterocycles. The van der Waals surface area contributed by atoms with Gasteiger partial charge in [0.1, 0.15) is 0 Å². The average Bonchev–Trinajstić information content (AvgIpc) is 2.39. The van der Waals surface area contributed by atoms with Crippen LogP contribution in [0.5, 0.6) is 0 Å². The lowest BCUT2D eigenvalue weighted by molar-refractivity contribution is -0.108. The van der Waals surface area contributed by atoms with Crippen molar-refractivity contribution in [3.05, 3.63) is 35.4 Å². The lowest BCUT2D eigenvalue weighted by atomic mass is 9.84. The van der Waals surface area contributed by atoms with E-state index in [1.165, 1.54) is 37.7 Å². The van der Waals surface area contributed by atoms with Gasteiger partial charge in [0, 0.05) is 5.56 Å². The minimum absolute atomic E-state index is 0.379. The van der Waals surface area contributed by atoms with Gasteiger partial charge >= 0.3 is 0 Å². The van der Waals surface area contributed by atoms with Crippen molar-refractivity contribution >= 4 is 22.6 Å². The zero-order valence-electron chi connectivity index (χ0n) is 9.62. The third kappa shape index (κ3) is 2.95. The Kier molecular flexibility index (Phi) is 3.95. The zero-order valence-corrected chi connectivity index (χ0v) is 10.4. The SMILES string of the molecule is O=C(Cl)C(=O)c1ccc(C2CCCCC2)cc1. The molecule has 0 radical (unpaired) electrons. The Labute approximate surface area is 106 Å². The Hall–Kier alpha value is -1.15. The summed E-state index contributed by atoms with van der Waals surface area (Å²) in [7, 11) is 0. The normalized spacial score (nSPS) is 16.8. The number of halogens is 1. The fourth-order valence-corrected chi connectivity index (χ4v) is 2.57. The predicted octanol–water partition coefficient (Wildman–Crippen LogP) is 3.68. The van der Waals surface area contributed by atoms with Crippen LogP contribution < -0.4 is 0 Å². The van der Waals surface area contributed by atoms with Gasteiger partial charge < -0.3 is 0 Å². The second-order valence-electron chi connectivity index (χ2n) is 4.56. The number of hydrogen-bond donors (Lipinski definition) is 0. The molecule has 1 aromatic rings. The van der Waals surface area contributed by atoms with E-state index in [-0.39, 0.29) is 0 Å². The van der Waals surface area contributed by atoms with Gasteiger partial charge in [-0.2, -0.15) is 0 Å². The monoisotopic (exact) mass is 250 g/mol. The number of hydrogen-bond acceptors (Lipinski definition) is 2. The van der Waals surface area contributed by atoms with Crippen LogP contribution in [-0.2, 0) is 4.79 Å². The second kappa shape index (κ2) is 5.46. The third-order valence-electron chi connectivity index (χ3n) is 3.43. The predicted molar refractivity (Wildman–Crippen MR) is 67.5 cm³/mol. The Morgan fingerprint density at radius 3 is 2.12 bits per heavy atom. The third-order valence-corrected chi connectivity index (χ3v) is 3.60. The summed E-state index contributed by atoms with van der Waals surface area (Å²) in [5.74, 6) is -0.0125. The van der Waals surface area contributed by atoms with Crippen LogP contribution in [0.3, 0.4) is 0 Å². The maximum Gasteiger partial charge on any atom is 0.293 e. The number of ketones is 1. The van der Waals surface area contributed by atoms with Crippen LogP contribution in [0.15, 0.2) is 24.3 Å². The molecular formula is C14H15ClO2. The van der Waals surface area contributed by atoms with Crippen molar-refractivity contribution in [2.24, 2.45) is 0 Å². The highest BCUT2D eigenvalue weighted by molar-refractivity contribution is 6.83. The molecule has 0 spiro atoms. The van der Waals surface area contributed by atoms with Gasteiger partial charge in [0.2, 0.25) is 5.78 Å². The number of carbonyl (C=O) groups is 2. The van der Waals surface area contributed by atoms with Gasteiger partial charge in [0.25, 0.3) is 5.24 Å². The first-order chi connectivity index (χ1) is 8.18. The minimum Gasteiger partial charge on any atom is -0.284 e. The maximum absolute atomic E-state index is 11.4. The van der Waals surface area contributed by atoms with Crippen LogP contribution in [0, 0.1) is 0 Å². The standard InChI is InChI=1S/C14H15ClO2/c15-14(17)13(16)12-8-6-11(7-9-12)10-4-2-1-3-5-10/h6-10H,1-5H2. The molecule has 90 valence electrons. The van der Waals surface area contributed by atoms with Crippen LogP contribution in [0.1, 0.15) is 53.9 Å². The zero-order chi connectivity index (χ0) is 12.3. The summed E-state index contributed by atoms with van der Waals surface area (Å²) >= 11 is 5.16. The van der Waals surface area contributed by atoms with Crippen LogP contribution in [0.2, 0.25) is 0 Å². The van der Waals surface area contributed by atoms with Crippen LogP contribution >= 0.6 is 11.6 Å². The van der Waals surface area contributed by atoms with E-state index in [1.54, 1.807) is 12.1 Å². The molecule has 1 aliphatic rings. The molecule has 0 amide bonds. The van der Waals surface area contributed by atoms with Gasteiger partial charge in [0.05, 0.1) is 0 Å². The fraction of sp³-hybridized carbons (Fsp3) is 0.429. The molecule has 0 heterocycles. The Bertz CT molecular complexity index is 416. The largest absolute Gasteiger partial charge is 0.293 e. The smallest absolute Gasteiger partial charge is 0.284 e. The Morgan fingerprint density at radius 2 is 1.59 bits per heavy atom. The Morgan fingerprint density at radius 1 is 1.00 bits per heavy atom. The van der Waals surface area contributed by atoms with Gasteiger partial charge in [0.15, 0.2) is 0 Å². The fourth-order valence-electron chi connectivity index (χ4n) is 2.46. The molecule has 0 N–H and O–H groups in total. The summed E-state index contributed by atoms with van der Waals surface area (Å²) in [5, 5.41) is -0.921. The Balaban J connectivity index is 2.12. The van der Waals surface area contributed by atoms with Gasteiger partial charge in [-0.3, -0.25) is 9.59 Å². The van der Waals surface area contributed by atoms with E-state index in [0.29, 0.717) is 11.5 Å². The summed E-state index contributed by atoms with van der Waals surface area (Å²) in [6, 6.07) is 7.30. The molecule has 0 atom stereocenters. The van der Waals surface area contributed by atoms with Gasteiger partial charge in [-0.25, -0.2) is 0 Å². The molecule has 2 nitrogen and oxygen atoms in total. The molecular weight excluding hydrogens is 236 g/mol. The highest BCUT2D eigenvalue weighted by atomic mass is 35.5. The average molecular weight is 251 g/mol. The van der Waals surface area contributed by atoms with Crippen molar-refractivity contribution in [1.29, 1.82) is 0 Å². The highest BCUT2D eigenvalue weighted by Gasteiger charge is 2.17. The van der Waals surface area contributed by atoms with Gasteiger partial charge in [-0.15, -0.1) is 0 Å². The van der Waals surface area contributed by atoms with Crippen LogP contribution in [0.4, 0.5) is 0 Å². The first kappa shape index (κ1) is 12.3. The lowest BCUT2D eigenvalue weighted by Gasteiger charge is -2.21. The van der Waals surface area contributed by atoms with E-state index in [2.05, 4.69) is 0 Å². The van der Waals surface area contributed by atoms with Crippen molar-refractivity contribution in [2.75, 3.05) is 0 Å². The molecule has 0 aromatic heterocycles. The number of carbonyl (C=O) groups excluding carboxylic acids is 2. The van der Waals surface area contributed by atoms with E-state index in [0.717, 1.165) is 0 Å². The van der Waals surface area contributed by atoms with E-state index in [4.69, 9.17) is 11.6 Å². The molecule has 1 fully saturated rings. The minimum atomic E-state index is -0.921. The van der Waals surface area contributed by atoms with E-state index in [9.17, 15) is 9.59 Å². The van der Waals surface area contributed by atoms with Crippen molar-refractivity contribution in [3.63, 3.8) is 0 Å². The molecule has 1 aromatic carbocycles. The molecule has 1 saturated carbocycles. The second-order valence-corrected chi connectivity index (χ2v) is 4.90. The van der Waals surface area contributed by atoms with Crippen molar-refractivity contribution in [3.8, 4) is 0 Å². The number of Topliss-reactive ketones (excluding diaryl/α,β-unsaturated/α-hetero) is 1. The summed E-state index contributed by atoms with van der Waals surface area (Å²) in [5.41, 5.74) is 1.65. The maximum atomic E-state index is 11.4. The molecule has 0 unspecified atom stereocenters. The summed E-state index contributed by atoms with van der Waals surface area (Å²) < 4.78 is 0. The summed E-state index contributed by atoms with van der Waals surface area (Å²) in [6.07, 6.45) is 6.34. The van der Waals surface area contributed by atoms with Gasteiger partial charge in [-0.05, 0) is 35.9 Å². The van der Waals surface area contributed by atoms with Gasteiger partial charge in [-0.1, -0.05) is 43.5 Å². The van der Waals surface area contributed by atoms with Crippen LogP contribution in [0.25, 0.3) is 0 Å². The molecule has 0 bridgehead atoms. The van der Waals surface area contributed by atoms with E-state index < -0.39 is 11.0 Å². The molecule has 2 rings (SSSR count). The quantitative estimate of drug-likeness (QED) is 0.466. The van der Waals surface area contributed by atoms with Crippen molar-refractivity contribution in [2.45, 2.75) is 38.0 Å². The topological polar surface area (TPSA) is 34.1 Å². The highest BCUT2D eigenvalue weighted by Crippen LogP contribution is 2.32. The summed E-state index contributed by atoms with van der Waals surface area (Å²) in [6.45, 7) is 0. The number of benzene rings is 1. The van der Waals surface area contributed by atoms with Crippen molar-refractivity contribution < 1.29 is 9.59 Å². The molecule has 17 heavy (non-hydrogen) atoms. The summed E-state index contributed by atoms with van der Waals surface area (Å²) in [4.78, 5) is 22.1. The first-order valence-corrected chi connectivity index (χ1v) is 6.40. The van der Waals surface area contributed by atoms with E-state index in [1.807, 2.05) is 12.1 Å². The first-order valence-electron chi connectivity index (χ1n) is 6.02. The number of rotatable bonds is 3.